The molecule has 3 aromatic heterocycles. The summed E-state index contributed by atoms with van der Waals surface area (Å²) in [6.45, 7) is 10.1. The number of anilines is 3. The standard InChI is InChI=1S/C34H36N10O3/c1-22-15-23(6-8-27(22)46-29-17-28-42-39-21-44(28)20-38-29)40-31-25-16-24(5-7-26(25)36-19-37-31)41-32-35-18-34(47-32)11-13-43(14-12-34)30(45)9-10-33(2,3)4/h5-10,15-17,19-21H,11-14,18H2,1-4H3,(H,35,41)(H,36,37,40). The molecule has 2 aliphatic heterocycles. The van der Waals surface area contributed by atoms with Gasteiger partial charge in [-0.1, -0.05) is 26.8 Å². The van der Waals surface area contributed by atoms with Crippen LogP contribution in [0.2, 0.25) is 0 Å². The Hall–Kier alpha value is -5.59. The van der Waals surface area contributed by atoms with Crippen LogP contribution in [0.4, 0.5) is 17.2 Å². The van der Waals surface area contributed by atoms with E-state index in [0.717, 1.165) is 40.7 Å². The van der Waals surface area contributed by atoms with E-state index < -0.39 is 5.60 Å². The third-order valence-electron chi connectivity index (χ3n) is 8.24. The van der Waals surface area contributed by atoms with Gasteiger partial charge in [-0.15, -0.1) is 10.2 Å². The molecule has 13 heteroatoms. The van der Waals surface area contributed by atoms with Crippen LogP contribution < -0.4 is 15.4 Å². The lowest BCUT2D eigenvalue weighted by molar-refractivity contribution is -0.129. The summed E-state index contributed by atoms with van der Waals surface area (Å²) in [6.07, 6.45) is 9.85. The predicted octanol–water partition coefficient (Wildman–Crippen LogP) is 5.67. The maximum absolute atomic E-state index is 12.7. The monoisotopic (exact) mass is 632 g/mol. The maximum atomic E-state index is 12.7. The summed E-state index contributed by atoms with van der Waals surface area (Å²) in [5.74, 6) is 1.82. The van der Waals surface area contributed by atoms with Crippen LogP contribution >= 0.6 is 0 Å². The first kappa shape index (κ1) is 30.1. The van der Waals surface area contributed by atoms with Crippen LogP contribution in [0.1, 0.15) is 39.2 Å². The van der Waals surface area contributed by atoms with Crippen LogP contribution in [0.25, 0.3) is 16.6 Å². The zero-order valence-corrected chi connectivity index (χ0v) is 26.8. The highest BCUT2D eigenvalue weighted by atomic mass is 16.5. The fourth-order valence-corrected chi connectivity index (χ4v) is 5.59. The van der Waals surface area contributed by atoms with Crippen LogP contribution in [0, 0.1) is 12.3 Å². The molecule has 47 heavy (non-hydrogen) atoms. The molecule has 0 radical (unpaired) electrons. The van der Waals surface area contributed by atoms with Crippen molar-refractivity contribution in [2.24, 2.45) is 10.4 Å². The number of piperidine rings is 1. The summed E-state index contributed by atoms with van der Waals surface area (Å²) in [6, 6.07) is 13.9. The van der Waals surface area contributed by atoms with E-state index in [4.69, 9.17) is 9.47 Å². The Morgan fingerprint density at radius 1 is 1.00 bits per heavy atom. The van der Waals surface area contributed by atoms with Crippen molar-refractivity contribution in [2.45, 2.75) is 46.1 Å². The highest BCUT2D eigenvalue weighted by Gasteiger charge is 2.42. The Labute approximate surface area is 271 Å². The number of amidine groups is 1. The number of likely N-dealkylation sites (tertiary alicyclic amines) is 1. The van der Waals surface area contributed by atoms with E-state index >= 15 is 0 Å². The molecule has 0 bridgehead atoms. The second kappa shape index (κ2) is 12.0. The fraction of sp³-hybridized carbons (Fsp3) is 0.324. The van der Waals surface area contributed by atoms with Crippen molar-refractivity contribution in [2.75, 3.05) is 30.3 Å². The van der Waals surface area contributed by atoms with Crippen molar-refractivity contribution in [1.29, 1.82) is 0 Å². The smallest absolute Gasteiger partial charge is 0.289 e. The number of allylic oxidation sites excluding steroid dienone is 1. The summed E-state index contributed by atoms with van der Waals surface area (Å²) in [4.78, 5) is 32.5. The van der Waals surface area contributed by atoms with Crippen LogP contribution in [0.15, 0.2) is 78.6 Å². The lowest BCUT2D eigenvalue weighted by atomic mass is 9.91. The normalized spacial score (nSPS) is 16.1. The van der Waals surface area contributed by atoms with Gasteiger partial charge in [0.1, 0.15) is 36.2 Å². The third-order valence-corrected chi connectivity index (χ3v) is 8.24. The molecule has 7 rings (SSSR count). The predicted molar refractivity (Wildman–Crippen MR) is 179 cm³/mol. The van der Waals surface area contributed by atoms with Crippen LogP contribution in [-0.4, -0.2) is 71.6 Å². The molecule has 0 unspecified atom stereocenters. The molecular weight excluding hydrogens is 596 g/mol. The van der Waals surface area contributed by atoms with Crippen molar-refractivity contribution >= 4 is 45.7 Å². The van der Waals surface area contributed by atoms with Crippen molar-refractivity contribution < 1.29 is 14.3 Å². The second-order valence-electron chi connectivity index (χ2n) is 13.0. The molecule has 1 spiro atoms. The molecule has 1 saturated heterocycles. The van der Waals surface area contributed by atoms with E-state index in [1.54, 1.807) is 35.5 Å². The lowest BCUT2D eigenvalue weighted by Crippen LogP contribution is -2.48. The zero-order chi connectivity index (χ0) is 32.6. The molecule has 2 aliphatic rings. The van der Waals surface area contributed by atoms with Crippen molar-refractivity contribution in [3.05, 3.63) is 79.2 Å². The number of nitrogens with zero attached hydrogens (tertiary/aromatic N) is 8. The Morgan fingerprint density at radius 3 is 2.62 bits per heavy atom. The SMILES string of the molecule is Cc1cc(Nc2ncnc3ccc(NC4=NCC5(CCN(C(=O)C=CC(C)(C)C)CC5)O4)cc23)ccc1Oc1cc2nncn2cn1. The van der Waals surface area contributed by atoms with E-state index in [1.807, 2.05) is 54.3 Å². The maximum Gasteiger partial charge on any atom is 0.289 e. The Morgan fingerprint density at radius 2 is 1.81 bits per heavy atom. The number of aliphatic imine (C=N–C) groups is 1. The molecule has 1 fully saturated rings. The Kier molecular flexibility index (Phi) is 7.66. The third kappa shape index (κ3) is 6.69. The first-order chi connectivity index (χ1) is 22.6. The van der Waals surface area contributed by atoms with Crippen LogP contribution in [0.5, 0.6) is 11.6 Å². The Bertz CT molecular complexity index is 2020. The molecule has 1 amide bonds. The van der Waals surface area contributed by atoms with Crippen LogP contribution in [0.3, 0.4) is 0 Å². The van der Waals surface area contributed by atoms with Gasteiger partial charge >= 0.3 is 0 Å². The lowest BCUT2D eigenvalue weighted by Gasteiger charge is -2.37. The molecule has 0 aliphatic carbocycles. The number of nitrogens with one attached hydrogen (secondary N) is 2. The number of carbonyl (C=O) groups excluding carboxylic acids is 1. The number of aromatic nitrogens is 6. The van der Waals surface area contributed by atoms with E-state index in [-0.39, 0.29) is 11.3 Å². The minimum Gasteiger partial charge on any atom is -0.456 e. The van der Waals surface area contributed by atoms with Gasteiger partial charge in [0.05, 0.1) is 12.1 Å². The molecular formula is C34H36N10O3. The number of ether oxygens (including phenoxy) is 2. The molecule has 5 aromatic rings. The van der Waals surface area contributed by atoms with Crippen molar-refractivity contribution in [3.8, 4) is 11.6 Å². The highest BCUT2D eigenvalue weighted by Crippen LogP contribution is 2.33. The quantitative estimate of drug-likeness (QED) is 0.225. The summed E-state index contributed by atoms with van der Waals surface area (Å²) in [5, 5.41) is 15.5. The van der Waals surface area contributed by atoms with Crippen molar-refractivity contribution in [1.82, 2.24) is 34.4 Å². The van der Waals surface area contributed by atoms with Gasteiger partial charge in [0, 0.05) is 48.8 Å². The number of amides is 1. The first-order valence-corrected chi connectivity index (χ1v) is 15.6. The summed E-state index contributed by atoms with van der Waals surface area (Å²) in [5.41, 5.74) is 3.59. The average Bonchev–Trinajstić information content (AvgIpc) is 3.68. The van der Waals surface area contributed by atoms with Crippen molar-refractivity contribution in [3.63, 3.8) is 0 Å². The Balaban J connectivity index is 1.00. The van der Waals surface area contributed by atoms with Gasteiger partial charge in [-0.2, -0.15) is 0 Å². The number of rotatable bonds is 6. The van der Waals surface area contributed by atoms with Gasteiger partial charge in [0.2, 0.25) is 11.8 Å². The minimum absolute atomic E-state index is 0.0315. The van der Waals surface area contributed by atoms with Gasteiger partial charge in [0.15, 0.2) is 5.65 Å². The van der Waals surface area contributed by atoms with E-state index in [2.05, 4.69) is 61.5 Å². The fourth-order valence-electron chi connectivity index (χ4n) is 5.59. The first-order valence-electron chi connectivity index (χ1n) is 15.6. The zero-order valence-electron chi connectivity index (χ0n) is 26.8. The van der Waals surface area contributed by atoms with Crippen LogP contribution in [-0.2, 0) is 9.53 Å². The van der Waals surface area contributed by atoms with Gasteiger partial charge < -0.3 is 25.0 Å². The van der Waals surface area contributed by atoms with Gasteiger partial charge in [-0.05, 0) is 60.4 Å². The largest absolute Gasteiger partial charge is 0.456 e. The number of aryl methyl sites for hydroxylation is 1. The van der Waals surface area contributed by atoms with E-state index in [0.29, 0.717) is 48.8 Å². The number of hydrogen-bond donors (Lipinski definition) is 2. The molecule has 0 saturated carbocycles. The van der Waals surface area contributed by atoms with Gasteiger partial charge in [-0.3, -0.25) is 9.20 Å². The molecule has 13 nitrogen and oxygen atoms in total. The minimum atomic E-state index is -0.396. The number of fused-ring (bicyclic) bond motifs is 2. The number of carbonyl (C=O) groups is 1. The van der Waals surface area contributed by atoms with Gasteiger partial charge in [0.25, 0.3) is 6.02 Å². The highest BCUT2D eigenvalue weighted by molar-refractivity contribution is 5.97. The molecule has 0 atom stereocenters. The molecule has 240 valence electrons. The van der Waals surface area contributed by atoms with E-state index in [9.17, 15) is 4.79 Å². The summed E-state index contributed by atoms with van der Waals surface area (Å²) in [7, 11) is 0. The van der Waals surface area contributed by atoms with E-state index in [1.165, 1.54) is 0 Å². The average molecular weight is 633 g/mol. The molecule has 2 N–H and O–H groups in total. The summed E-state index contributed by atoms with van der Waals surface area (Å²) < 4.78 is 14.1. The number of benzene rings is 2. The van der Waals surface area contributed by atoms with Gasteiger partial charge in [-0.25, -0.2) is 19.9 Å². The second-order valence-corrected chi connectivity index (χ2v) is 13.0. The summed E-state index contributed by atoms with van der Waals surface area (Å²) >= 11 is 0. The molecule has 2 aromatic carbocycles. The number of hydrogen-bond acceptors (Lipinski definition) is 11. The molecule has 5 heterocycles. The topological polar surface area (TPSA) is 144 Å².